The smallest absolute Gasteiger partial charge is 0.248 e. The van der Waals surface area contributed by atoms with Crippen molar-refractivity contribution in [2.45, 2.75) is 31.8 Å². The minimum atomic E-state index is -0.428. The Bertz CT molecular complexity index is 770. The zero-order chi connectivity index (χ0) is 17.3. The van der Waals surface area contributed by atoms with E-state index >= 15 is 0 Å². The number of nitrogens with zero attached hydrogens (tertiary/aromatic N) is 1. The molecule has 3 rings (SSSR count). The van der Waals surface area contributed by atoms with E-state index < -0.39 is 5.91 Å². The first-order valence-electron chi connectivity index (χ1n) is 8.01. The highest BCUT2D eigenvalue weighted by atomic mass is 16.1. The van der Waals surface area contributed by atoms with Gasteiger partial charge in [-0.25, -0.2) is 0 Å². The maximum absolute atomic E-state index is 11.8. The van der Waals surface area contributed by atoms with Crippen LogP contribution in [-0.2, 0) is 11.3 Å². The second-order valence-corrected chi connectivity index (χ2v) is 6.29. The Balaban J connectivity index is 1.91. The van der Waals surface area contributed by atoms with E-state index in [-0.39, 0.29) is 17.9 Å². The van der Waals surface area contributed by atoms with Gasteiger partial charge in [0.15, 0.2) is 0 Å². The van der Waals surface area contributed by atoms with E-state index in [0.717, 1.165) is 16.8 Å². The lowest BCUT2D eigenvalue weighted by molar-refractivity contribution is -0.119. The van der Waals surface area contributed by atoms with Gasteiger partial charge in [-0.1, -0.05) is 30.3 Å². The largest absolute Gasteiger partial charge is 0.369 e. The van der Waals surface area contributed by atoms with Crippen molar-refractivity contribution in [1.29, 1.82) is 0 Å². The van der Waals surface area contributed by atoms with Crippen molar-refractivity contribution >= 4 is 17.5 Å². The van der Waals surface area contributed by atoms with Crippen molar-refractivity contribution in [3.63, 3.8) is 0 Å². The summed E-state index contributed by atoms with van der Waals surface area (Å²) in [5.74, 6) is -0.952. The molecule has 2 amide bonds. The molecule has 2 aromatic carbocycles. The Kier molecular flexibility index (Phi) is 4.25. The van der Waals surface area contributed by atoms with Crippen molar-refractivity contribution in [2.75, 3.05) is 4.90 Å². The molecule has 2 aromatic rings. The van der Waals surface area contributed by atoms with Gasteiger partial charge in [0.05, 0.1) is 5.92 Å². The third-order valence-corrected chi connectivity index (χ3v) is 4.67. The van der Waals surface area contributed by atoms with Crippen LogP contribution in [0.1, 0.15) is 40.7 Å². The van der Waals surface area contributed by atoms with Crippen LogP contribution < -0.4 is 16.4 Å². The molecule has 0 unspecified atom stereocenters. The Morgan fingerprint density at radius 1 is 1.08 bits per heavy atom. The van der Waals surface area contributed by atoms with Gasteiger partial charge in [-0.2, -0.15) is 0 Å². The average Bonchev–Trinajstić information content (AvgIpc) is 2.57. The minimum Gasteiger partial charge on any atom is -0.369 e. The fourth-order valence-electron chi connectivity index (χ4n) is 3.36. The van der Waals surface area contributed by atoms with E-state index in [2.05, 4.69) is 11.8 Å². The van der Waals surface area contributed by atoms with Gasteiger partial charge in [-0.05, 0) is 42.7 Å². The van der Waals surface area contributed by atoms with E-state index in [1.807, 2.05) is 36.4 Å². The molecule has 5 heteroatoms. The number of nitrogens with two attached hydrogens (primary N) is 2. The molecule has 0 radical (unpaired) electrons. The normalized spacial score (nSPS) is 19.6. The van der Waals surface area contributed by atoms with E-state index in [0.29, 0.717) is 18.5 Å². The van der Waals surface area contributed by atoms with Gasteiger partial charge < -0.3 is 16.4 Å². The van der Waals surface area contributed by atoms with Crippen molar-refractivity contribution in [3.05, 3.63) is 65.2 Å². The average molecular weight is 323 g/mol. The summed E-state index contributed by atoms with van der Waals surface area (Å²) in [5, 5.41) is 0. The van der Waals surface area contributed by atoms with Gasteiger partial charge in [-0.3, -0.25) is 9.59 Å². The predicted octanol–water partition coefficient (Wildman–Crippen LogP) is 2.15. The van der Waals surface area contributed by atoms with E-state index in [4.69, 9.17) is 11.5 Å². The van der Waals surface area contributed by atoms with Crippen molar-refractivity contribution in [2.24, 2.45) is 11.5 Å². The lowest BCUT2D eigenvalue weighted by Gasteiger charge is -2.40. The summed E-state index contributed by atoms with van der Waals surface area (Å²) in [7, 11) is 0. The fourth-order valence-corrected chi connectivity index (χ4v) is 3.36. The topological polar surface area (TPSA) is 89.4 Å². The summed E-state index contributed by atoms with van der Waals surface area (Å²) in [5.41, 5.74) is 14.5. The highest BCUT2D eigenvalue weighted by Gasteiger charge is 2.32. The number of rotatable bonds is 4. The third kappa shape index (κ3) is 2.97. The van der Waals surface area contributed by atoms with Crippen LogP contribution in [0.15, 0.2) is 48.5 Å². The van der Waals surface area contributed by atoms with E-state index in [1.165, 1.54) is 0 Å². The lowest BCUT2D eigenvalue weighted by atomic mass is 9.85. The van der Waals surface area contributed by atoms with Crippen molar-refractivity contribution in [1.82, 2.24) is 0 Å². The molecule has 1 heterocycles. The number of para-hydroxylation sites is 1. The maximum atomic E-state index is 11.8. The molecule has 0 spiro atoms. The van der Waals surface area contributed by atoms with Crippen LogP contribution in [0.25, 0.3) is 0 Å². The van der Waals surface area contributed by atoms with Gasteiger partial charge >= 0.3 is 0 Å². The Labute approximate surface area is 141 Å². The first-order valence-corrected chi connectivity index (χ1v) is 8.01. The first-order chi connectivity index (χ1) is 11.5. The van der Waals surface area contributed by atoms with E-state index in [9.17, 15) is 9.59 Å². The number of primary amides is 2. The number of carbonyl (C=O) groups is 2. The summed E-state index contributed by atoms with van der Waals surface area (Å²) in [6, 6.07) is 15.4. The highest BCUT2D eigenvalue weighted by molar-refractivity contribution is 5.92. The molecule has 0 fully saturated rings. The van der Waals surface area contributed by atoms with Crippen LogP contribution in [0.3, 0.4) is 0 Å². The predicted molar refractivity (Wildman–Crippen MR) is 93.6 cm³/mol. The second-order valence-electron chi connectivity index (χ2n) is 6.29. The second kappa shape index (κ2) is 6.35. The van der Waals surface area contributed by atoms with Crippen molar-refractivity contribution in [3.8, 4) is 0 Å². The zero-order valence-electron chi connectivity index (χ0n) is 13.6. The van der Waals surface area contributed by atoms with Gasteiger partial charge in [-0.15, -0.1) is 0 Å². The summed E-state index contributed by atoms with van der Waals surface area (Å²) >= 11 is 0. The van der Waals surface area contributed by atoms with Gasteiger partial charge in [0, 0.05) is 23.8 Å². The Morgan fingerprint density at radius 2 is 1.75 bits per heavy atom. The number of benzene rings is 2. The fraction of sp³-hybridized carbons (Fsp3) is 0.263. The van der Waals surface area contributed by atoms with Crippen LogP contribution in [0, 0.1) is 0 Å². The quantitative estimate of drug-likeness (QED) is 0.903. The SMILES string of the molecule is C[C@@H]1C[C@H](C(N)=O)c2ccccc2N1Cc1ccc(C(N)=O)cc1. The van der Waals surface area contributed by atoms with Crippen LogP contribution in [0.2, 0.25) is 0 Å². The Hall–Kier alpha value is -2.82. The minimum absolute atomic E-state index is 0.188. The highest BCUT2D eigenvalue weighted by Crippen LogP contribution is 2.38. The molecule has 5 nitrogen and oxygen atoms in total. The maximum Gasteiger partial charge on any atom is 0.248 e. The monoisotopic (exact) mass is 323 g/mol. The first kappa shape index (κ1) is 16.1. The zero-order valence-corrected chi connectivity index (χ0v) is 13.6. The molecular formula is C19H21N3O2. The van der Waals surface area contributed by atoms with Crippen LogP contribution >= 0.6 is 0 Å². The van der Waals surface area contributed by atoms with Gasteiger partial charge in [0.2, 0.25) is 11.8 Å². The summed E-state index contributed by atoms with van der Waals surface area (Å²) in [4.78, 5) is 25.2. The Morgan fingerprint density at radius 3 is 2.38 bits per heavy atom. The number of fused-ring (bicyclic) bond motifs is 1. The third-order valence-electron chi connectivity index (χ3n) is 4.67. The summed E-state index contributed by atoms with van der Waals surface area (Å²) in [6.07, 6.45) is 0.700. The van der Waals surface area contributed by atoms with Crippen LogP contribution in [-0.4, -0.2) is 17.9 Å². The molecule has 2 atom stereocenters. The van der Waals surface area contributed by atoms with Crippen molar-refractivity contribution < 1.29 is 9.59 Å². The summed E-state index contributed by atoms with van der Waals surface area (Å²) < 4.78 is 0. The van der Waals surface area contributed by atoms with Crippen LogP contribution in [0.5, 0.6) is 0 Å². The molecule has 0 aromatic heterocycles. The number of carbonyl (C=O) groups excluding carboxylic acids is 2. The number of hydrogen-bond donors (Lipinski definition) is 2. The molecule has 0 saturated carbocycles. The molecule has 0 bridgehead atoms. The summed E-state index contributed by atoms with van der Waals surface area (Å²) in [6.45, 7) is 2.80. The molecular weight excluding hydrogens is 302 g/mol. The molecule has 0 aliphatic carbocycles. The van der Waals surface area contributed by atoms with Crippen LogP contribution in [0.4, 0.5) is 5.69 Å². The molecule has 1 aliphatic rings. The number of hydrogen-bond acceptors (Lipinski definition) is 3. The lowest BCUT2D eigenvalue weighted by Crippen LogP contribution is -2.41. The molecule has 124 valence electrons. The number of anilines is 1. The molecule has 0 saturated heterocycles. The molecule has 4 N–H and O–H groups in total. The van der Waals surface area contributed by atoms with Gasteiger partial charge in [0.25, 0.3) is 0 Å². The number of amides is 2. The van der Waals surface area contributed by atoms with E-state index in [1.54, 1.807) is 12.1 Å². The standard InChI is InChI=1S/C19H21N3O2/c1-12-10-16(19(21)24)15-4-2-3-5-17(15)22(12)11-13-6-8-14(9-7-13)18(20)23/h2-9,12,16H,10-11H2,1H3,(H2,20,23)(H2,21,24)/t12-,16+/m1/s1. The molecule has 24 heavy (non-hydrogen) atoms. The molecule has 1 aliphatic heterocycles. The van der Waals surface area contributed by atoms with Gasteiger partial charge in [0.1, 0.15) is 0 Å².